The van der Waals surface area contributed by atoms with E-state index < -0.39 is 17.5 Å². The van der Waals surface area contributed by atoms with Crippen molar-refractivity contribution in [2.24, 2.45) is 0 Å². The van der Waals surface area contributed by atoms with Crippen molar-refractivity contribution in [3.8, 4) is 0 Å². The first-order chi connectivity index (χ1) is 17.3. The third kappa shape index (κ3) is 4.80. The van der Waals surface area contributed by atoms with Gasteiger partial charge in [-0.1, -0.05) is 30.3 Å². The summed E-state index contributed by atoms with van der Waals surface area (Å²) in [6.07, 6.45) is 0.396. The van der Waals surface area contributed by atoms with Gasteiger partial charge in [0.05, 0.1) is 11.1 Å². The normalized spacial score (nSPS) is 15.0. The molecular weight excluding hydrogens is 473 g/mol. The molecule has 1 aliphatic rings. The van der Waals surface area contributed by atoms with Gasteiger partial charge in [-0.05, 0) is 36.6 Å². The molecule has 0 unspecified atom stereocenters. The van der Waals surface area contributed by atoms with Crippen LogP contribution < -0.4 is 5.76 Å². The Labute approximate surface area is 204 Å². The fourth-order valence-electron chi connectivity index (χ4n) is 4.91. The highest BCUT2D eigenvalue weighted by molar-refractivity contribution is 5.77. The first kappa shape index (κ1) is 23.9. The topological polar surface area (TPSA) is 73.3 Å². The van der Waals surface area contributed by atoms with E-state index in [0.29, 0.717) is 37.0 Å². The Morgan fingerprint density at radius 2 is 1.78 bits per heavy atom. The molecule has 0 saturated carbocycles. The second-order valence-corrected chi connectivity index (χ2v) is 8.96. The number of amides is 1. The highest BCUT2D eigenvalue weighted by Crippen LogP contribution is 2.33. The van der Waals surface area contributed by atoms with E-state index in [9.17, 15) is 22.8 Å². The number of carbonyl (C=O) groups is 1. The van der Waals surface area contributed by atoms with E-state index in [0.717, 1.165) is 11.9 Å². The van der Waals surface area contributed by atoms with Crippen LogP contribution >= 0.6 is 0 Å². The Morgan fingerprint density at radius 3 is 2.56 bits per heavy atom. The van der Waals surface area contributed by atoms with E-state index in [1.54, 1.807) is 46.1 Å². The molecule has 1 fully saturated rings. The van der Waals surface area contributed by atoms with E-state index in [-0.39, 0.29) is 36.9 Å². The predicted molar refractivity (Wildman–Crippen MR) is 126 cm³/mol. The first-order valence-corrected chi connectivity index (χ1v) is 11.8. The van der Waals surface area contributed by atoms with Gasteiger partial charge in [0.2, 0.25) is 5.91 Å². The maximum atomic E-state index is 13.4. The highest BCUT2D eigenvalue weighted by atomic mass is 19.4. The Morgan fingerprint density at radius 1 is 1.06 bits per heavy atom. The van der Waals surface area contributed by atoms with Crippen molar-refractivity contribution in [2.45, 2.75) is 44.4 Å². The van der Waals surface area contributed by atoms with Crippen LogP contribution in [-0.2, 0) is 24.1 Å². The number of aromatic nitrogens is 3. The number of hydrogen-bond donors (Lipinski definition) is 0. The van der Waals surface area contributed by atoms with E-state index in [2.05, 4.69) is 4.98 Å². The molecule has 2 aromatic heterocycles. The van der Waals surface area contributed by atoms with Crippen molar-refractivity contribution in [1.29, 1.82) is 0 Å². The summed E-state index contributed by atoms with van der Waals surface area (Å²) in [5.41, 5.74) is 0.700. The van der Waals surface area contributed by atoms with E-state index >= 15 is 0 Å². The quantitative estimate of drug-likeness (QED) is 0.388. The van der Waals surface area contributed by atoms with E-state index in [1.165, 1.54) is 16.7 Å². The fourth-order valence-corrected chi connectivity index (χ4v) is 4.91. The molecule has 5 rings (SSSR count). The molecule has 0 bridgehead atoms. The van der Waals surface area contributed by atoms with Gasteiger partial charge >= 0.3 is 11.9 Å². The predicted octanol–water partition coefficient (Wildman–Crippen LogP) is 4.65. The van der Waals surface area contributed by atoms with Gasteiger partial charge in [-0.2, -0.15) is 13.2 Å². The van der Waals surface area contributed by atoms with Gasteiger partial charge in [-0.15, -0.1) is 0 Å². The number of nitrogens with zero attached hydrogens (tertiary/aromatic N) is 4. The molecule has 7 nitrogen and oxygen atoms in total. The number of fused-ring (bicyclic) bond motifs is 1. The molecule has 1 saturated heterocycles. The van der Waals surface area contributed by atoms with Crippen molar-refractivity contribution in [1.82, 2.24) is 19.0 Å². The Kier molecular flexibility index (Phi) is 6.42. The summed E-state index contributed by atoms with van der Waals surface area (Å²) in [4.78, 5) is 31.2. The summed E-state index contributed by atoms with van der Waals surface area (Å²) in [7, 11) is 0. The van der Waals surface area contributed by atoms with Crippen LogP contribution in [0.2, 0.25) is 0 Å². The number of likely N-dealkylation sites (tertiary alicyclic amines) is 1. The lowest BCUT2D eigenvalue weighted by Crippen LogP contribution is -2.39. The summed E-state index contributed by atoms with van der Waals surface area (Å²) in [5, 5.41) is 0. The summed E-state index contributed by atoms with van der Waals surface area (Å²) in [6, 6.07) is 12.7. The van der Waals surface area contributed by atoms with Crippen molar-refractivity contribution in [3.05, 3.63) is 88.4 Å². The Balaban J connectivity index is 1.21. The smallest absolute Gasteiger partial charge is 0.408 e. The summed E-state index contributed by atoms with van der Waals surface area (Å²) in [5.74, 6) is 0.243. The average molecular weight is 499 g/mol. The number of imidazole rings is 1. The van der Waals surface area contributed by atoms with Gasteiger partial charge < -0.3 is 13.9 Å². The van der Waals surface area contributed by atoms with Crippen LogP contribution in [-0.4, -0.2) is 38.0 Å². The Hall–Kier alpha value is -3.82. The molecule has 0 spiro atoms. The maximum Gasteiger partial charge on any atom is 0.419 e. The monoisotopic (exact) mass is 498 g/mol. The van der Waals surface area contributed by atoms with Gasteiger partial charge in [0.25, 0.3) is 0 Å². The largest absolute Gasteiger partial charge is 0.419 e. The second kappa shape index (κ2) is 9.67. The van der Waals surface area contributed by atoms with Gasteiger partial charge in [-0.3, -0.25) is 9.36 Å². The number of piperidine rings is 1. The average Bonchev–Trinajstić information content (AvgIpc) is 3.45. The first-order valence-electron chi connectivity index (χ1n) is 11.8. The minimum atomic E-state index is -4.42. The number of oxazole rings is 1. The lowest BCUT2D eigenvalue weighted by molar-refractivity contribution is -0.138. The van der Waals surface area contributed by atoms with Crippen LogP contribution in [0, 0.1) is 0 Å². The molecular formula is C26H25F3N4O3. The van der Waals surface area contributed by atoms with Crippen LogP contribution in [0.15, 0.2) is 70.1 Å². The van der Waals surface area contributed by atoms with Crippen molar-refractivity contribution in [2.75, 3.05) is 13.1 Å². The van der Waals surface area contributed by atoms with Gasteiger partial charge in [0.15, 0.2) is 5.58 Å². The molecule has 3 heterocycles. The molecule has 10 heteroatoms. The number of aryl methyl sites for hydroxylation is 1. The zero-order chi connectivity index (χ0) is 25.3. The number of hydrogen-bond acceptors (Lipinski definition) is 4. The maximum absolute atomic E-state index is 13.4. The molecule has 1 aliphatic heterocycles. The lowest BCUT2D eigenvalue weighted by Gasteiger charge is -2.32. The molecule has 36 heavy (non-hydrogen) atoms. The zero-order valence-corrected chi connectivity index (χ0v) is 19.4. The van der Waals surface area contributed by atoms with Crippen LogP contribution in [0.25, 0.3) is 11.1 Å². The molecule has 0 aliphatic carbocycles. The molecule has 0 N–H and O–H groups in total. The van der Waals surface area contributed by atoms with Crippen molar-refractivity contribution >= 4 is 17.0 Å². The highest BCUT2D eigenvalue weighted by Gasteiger charge is 2.33. The van der Waals surface area contributed by atoms with Crippen LogP contribution in [0.4, 0.5) is 13.2 Å². The molecule has 4 aromatic rings. The van der Waals surface area contributed by atoms with Crippen molar-refractivity contribution in [3.63, 3.8) is 0 Å². The number of halogens is 3. The fraction of sp³-hybridized carbons (Fsp3) is 0.346. The number of alkyl halides is 3. The third-order valence-electron chi connectivity index (χ3n) is 6.75. The minimum absolute atomic E-state index is 0.0440. The zero-order valence-electron chi connectivity index (χ0n) is 19.4. The number of rotatable bonds is 6. The molecule has 0 atom stereocenters. The number of carbonyl (C=O) groups excluding carboxylic acids is 1. The standard InChI is InChI=1S/C26H25F3N4O3/c27-26(28,29)20-6-2-1-5-19(20)17-32-16-12-30-24(32)18-9-13-31(14-10-18)23(34)11-15-33-21-7-3-4-8-22(21)36-25(33)35/h1-8,12,16,18H,9-11,13-15,17H2. The summed E-state index contributed by atoms with van der Waals surface area (Å²) >= 11 is 0. The second-order valence-electron chi connectivity index (χ2n) is 8.96. The molecule has 2 aromatic carbocycles. The molecule has 0 radical (unpaired) electrons. The summed E-state index contributed by atoms with van der Waals surface area (Å²) < 4.78 is 48.7. The SMILES string of the molecule is O=C(CCn1c(=O)oc2ccccc21)N1CCC(c2nccn2Cc2ccccc2C(F)(F)F)CC1. The van der Waals surface area contributed by atoms with Gasteiger partial charge in [-0.25, -0.2) is 9.78 Å². The molecule has 188 valence electrons. The number of benzene rings is 2. The Bertz CT molecular complexity index is 1430. The van der Waals surface area contributed by atoms with Crippen LogP contribution in [0.1, 0.15) is 42.1 Å². The summed E-state index contributed by atoms with van der Waals surface area (Å²) in [6.45, 7) is 1.36. The van der Waals surface area contributed by atoms with Crippen LogP contribution in [0.5, 0.6) is 0 Å². The van der Waals surface area contributed by atoms with E-state index in [4.69, 9.17) is 4.42 Å². The molecule has 1 amide bonds. The van der Waals surface area contributed by atoms with Crippen molar-refractivity contribution < 1.29 is 22.4 Å². The van der Waals surface area contributed by atoms with E-state index in [1.807, 2.05) is 6.07 Å². The third-order valence-corrected chi connectivity index (χ3v) is 6.75. The van der Waals surface area contributed by atoms with Crippen LogP contribution in [0.3, 0.4) is 0 Å². The number of para-hydroxylation sites is 2. The van der Waals surface area contributed by atoms with Gasteiger partial charge in [0.1, 0.15) is 5.82 Å². The van der Waals surface area contributed by atoms with Gasteiger partial charge in [0, 0.05) is 50.9 Å². The minimum Gasteiger partial charge on any atom is -0.408 e. The lowest BCUT2D eigenvalue weighted by atomic mass is 9.95.